The summed E-state index contributed by atoms with van der Waals surface area (Å²) in [5.74, 6) is -4.90. The van der Waals surface area contributed by atoms with E-state index in [1.165, 1.54) is 0 Å². The second kappa shape index (κ2) is 6.55. The molecule has 0 spiro atoms. The van der Waals surface area contributed by atoms with Crippen LogP contribution in [0.1, 0.15) is 26.2 Å². The van der Waals surface area contributed by atoms with Crippen molar-refractivity contribution in [3.8, 4) is 0 Å². The molecule has 18 heavy (non-hydrogen) atoms. The Kier molecular flexibility index (Phi) is 6.35. The molecule has 0 unspecified atom stereocenters. The fraction of sp³-hybridized carbons (Fsp3) is 1.00. The summed E-state index contributed by atoms with van der Waals surface area (Å²) >= 11 is 0. The second-order valence-electron chi connectivity index (χ2n) is 3.42. The van der Waals surface area contributed by atoms with Gasteiger partial charge in [0.15, 0.2) is 6.86 Å². The molecule has 2 nitrogen and oxygen atoms in total. The zero-order valence-corrected chi connectivity index (χ0v) is 9.50. The van der Waals surface area contributed by atoms with Crippen LogP contribution < -0.4 is 0 Å². The molecule has 0 heterocycles. The van der Waals surface area contributed by atoms with Crippen LogP contribution in [0.2, 0.25) is 0 Å². The van der Waals surface area contributed by atoms with Gasteiger partial charge in [-0.2, -0.15) is 26.3 Å². The molecule has 0 radical (unpaired) electrons. The molecule has 0 aliphatic heterocycles. The molecular formula is C9H13F7O2. The van der Waals surface area contributed by atoms with Gasteiger partial charge < -0.3 is 9.47 Å². The van der Waals surface area contributed by atoms with Crippen molar-refractivity contribution in [2.24, 2.45) is 0 Å². The van der Waals surface area contributed by atoms with Gasteiger partial charge in [0.05, 0.1) is 6.61 Å². The maximum absolute atomic E-state index is 12.4. The summed E-state index contributed by atoms with van der Waals surface area (Å²) in [6, 6.07) is 0. The van der Waals surface area contributed by atoms with Gasteiger partial charge in [0, 0.05) is 0 Å². The Labute approximate surface area is 99.0 Å². The first-order valence-corrected chi connectivity index (χ1v) is 5.09. The standard InChI is InChI=1S/C9H13F7O2/c1-2-3-4-5-17-7(18-6-10,8(11,12)13)9(14,15)16/h2-6H2,1H3. The maximum atomic E-state index is 12.4. The average molecular weight is 286 g/mol. The highest BCUT2D eigenvalue weighted by Crippen LogP contribution is 2.46. The first kappa shape index (κ1) is 17.4. The van der Waals surface area contributed by atoms with Gasteiger partial charge in [0.25, 0.3) is 0 Å². The third-order valence-electron chi connectivity index (χ3n) is 2.06. The van der Waals surface area contributed by atoms with Crippen LogP contribution >= 0.6 is 0 Å². The lowest BCUT2D eigenvalue weighted by Gasteiger charge is -2.35. The van der Waals surface area contributed by atoms with Crippen LogP contribution in [-0.4, -0.2) is 31.6 Å². The van der Waals surface area contributed by atoms with Crippen LogP contribution in [0.25, 0.3) is 0 Å². The van der Waals surface area contributed by atoms with E-state index in [4.69, 9.17) is 0 Å². The van der Waals surface area contributed by atoms with Crippen molar-refractivity contribution in [1.82, 2.24) is 0 Å². The smallest absolute Gasteiger partial charge is 0.335 e. The van der Waals surface area contributed by atoms with Gasteiger partial charge in [-0.3, -0.25) is 0 Å². The lowest BCUT2D eigenvalue weighted by molar-refractivity contribution is -0.473. The first-order valence-electron chi connectivity index (χ1n) is 5.09. The predicted molar refractivity (Wildman–Crippen MR) is 47.4 cm³/mol. The molecule has 0 amide bonds. The third kappa shape index (κ3) is 3.98. The zero-order chi connectivity index (χ0) is 14.4. The highest BCUT2D eigenvalue weighted by Gasteiger charge is 2.74. The largest absolute Gasteiger partial charge is 0.453 e. The summed E-state index contributed by atoms with van der Waals surface area (Å²) in [4.78, 5) is 0. The molecular weight excluding hydrogens is 273 g/mol. The molecule has 0 atom stereocenters. The fourth-order valence-corrected chi connectivity index (χ4v) is 1.17. The molecule has 0 bridgehead atoms. The molecule has 0 aromatic carbocycles. The molecule has 0 saturated carbocycles. The van der Waals surface area contributed by atoms with Gasteiger partial charge in [0.2, 0.25) is 0 Å². The van der Waals surface area contributed by atoms with Crippen LogP contribution in [-0.2, 0) is 9.47 Å². The molecule has 0 aliphatic carbocycles. The highest BCUT2D eigenvalue weighted by molar-refractivity contribution is 4.87. The van der Waals surface area contributed by atoms with Crippen LogP contribution in [0.4, 0.5) is 30.7 Å². The van der Waals surface area contributed by atoms with E-state index in [1.807, 2.05) is 0 Å². The summed E-state index contributed by atoms with van der Waals surface area (Å²) in [6.07, 6.45) is -10.9. The average Bonchev–Trinajstić information content (AvgIpc) is 2.19. The van der Waals surface area contributed by atoms with Gasteiger partial charge in [-0.1, -0.05) is 19.8 Å². The minimum atomic E-state index is -5.91. The van der Waals surface area contributed by atoms with E-state index < -0.39 is 31.6 Å². The van der Waals surface area contributed by atoms with Crippen molar-refractivity contribution in [1.29, 1.82) is 0 Å². The van der Waals surface area contributed by atoms with Crippen molar-refractivity contribution in [3.63, 3.8) is 0 Å². The number of hydrogen-bond acceptors (Lipinski definition) is 2. The van der Waals surface area contributed by atoms with Crippen molar-refractivity contribution >= 4 is 0 Å². The van der Waals surface area contributed by atoms with Gasteiger partial charge in [-0.15, -0.1) is 0 Å². The number of halogens is 7. The highest BCUT2D eigenvalue weighted by atomic mass is 19.4. The van der Waals surface area contributed by atoms with E-state index >= 15 is 0 Å². The molecule has 0 aromatic rings. The number of alkyl halides is 7. The summed E-state index contributed by atoms with van der Waals surface area (Å²) in [6.45, 7) is -1.38. The molecule has 0 aliphatic rings. The number of rotatable bonds is 7. The SMILES string of the molecule is CCCCCOC(OCF)(C(F)(F)F)C(F)(F)F. The van der Waals surface area contributed by atoms with E-state index in [1.54, 1.807) is 6.92 Å². The quantitative estimate of drug-likeness (QED) is 0.401. The van der Waals surface area contributed by atoms with Gasteiger partial charge in [-0.05, 0) is 6.42 Å². The monoisotopic (exact) mass is 286 g/mol. The normalized spacial score (nSPS) is 14.0. The summed E-state index contributed by atoms with van der Waals surface area (Å²) < 4.78 is 93.4. The summed E-state index contributed by atoms with van der Waals surface area (Å²) in [7, 11) is 0. The van der Waals surface area contributed by atoms with E-state index in [0.717, 1.165) is 0 Å². The van der Waals surface area contributed by atoms with Crippen LogP contribution in [0.5, 0.6) is 0 Å². The van der Waals surface area contributed by atoms with E-state index in [0.29, 0.717) is 12.8 Å². The van der Waals surface area contributed by atoms with Crippen molar-refractivity contribution in [2.75, 3.05) is 13.5 Å². The zero-order valence-electron chi connectivity index (χ0n) is 9.50. The Balaban J connectivity index is 4.99. The minimum Gasteiger partial charge on any atom is -0.335 e. The van der Waals surface area contributed by atoms with Crippen LogP contribution in [0.3, 0.4) is 0 Å². The summed E-state index contributed by atoms with van der Waals surface area (Å²) in [5, 5.41) is 0. The topological polar surface area (TPSA) is 18.5 Å². The fourth-order valence-electron chi connectivity index (χ4n) is 1.17. The lowest BCUT2D eigenvalue weighted by atomic mass is 10.2. The molecule has 0 N–H and O–H groups in total. The minimum absolute atomic E-state index is 0.0138. The molecule has 0 aromatic heterocycles. The Bertz CT molecular complexity index is 222. The second-order valence-corrected chi connectivity index (χ2v) is 3.42. The first-order chi connectivity index (χ1) is 8.12. The Morgan fingerprint density at radius 2 is 1.33 bits per heavy atom. The van der Waals surface area contributed by atoms with Gasteiger partial charge in [0.1, 0.15) is 0 Å². The van der Waals surface area contributed by atoms with Crippen molar-refractivity contribution in [3.05, 3.63) is 0 Å². The maximum Gasteiger partial charge on any atom is 0.453 e. The number of unbranched alkanes of at least 4 members (excludes halogenated alkanes) is 2. The van der Waals surface area contributed by atoms with E-state index in [-0.39, 0.29) is 6.42 Å². The molecule has 0 fully saturated rings. The molecule has 9 heteroatoms. The molecule has 0 rings (SSSR count). The third-order valence-corrected chi connectivity index (χ3v) is 2.06. The summed E-state index contributed by atoms with van der Waals surface area (Å²) in [5.41, 5.74) is 0. The van der Waals surface area contributed by atoms with Crippen molar-refractivity contribution in [2.45, 2.75) is 44.3 Å². The van der Waals surface area contributed by atoms with Gasteiger partial charge in [-0.25, -0.2) is 4.39 Å². The Morgan fingerprint density at radius 3 is 1.67 bits per heavy atom. The van der Waals surface area contributed by atoms with Crippen molar-refractivity contribution < 1.29 is 40.2 Å². The van der Waals surface area contributed by atoms with Crippen LogP contribution in [0.15, 0.2) is 0 Å². The Hall–Kier alpha value is -0.570. The van der Waals surface area contributed by atoms with E-state index in [2.05, 4.69) is 9.47 Å². The predicted octanol–water partition coefficient (Wildman–Crippen LogP) is 3.96. The van der Waals surface area contributed by atoms with E-state index in [9.17, 15) is 30.7 Å². The lowest BCUT2D eigenvalue weighted by Crippen LogP contribution is -2.60. The number of hydrogen-bond donors (Lipinski definition) is 0. The number of ether oxygens (including phenoxy) is 2. The molecule has 110 valence electrons. The van der Waals surface area contributed by atoms with Crippen LogP contribution in [0, 0.1) is 0 Å². The Morgan fingerprint density at radius 1 is 0.833 bits per heavy atom. The molecule has 0 saturated heterocycles. The van der Waals surface area contributed by atoms with Gasteiger partial charge >= 0.3 is 18.1 Å².